The Kier molecular flexibility index (Phi) is 2.98. The van der Waals surface area contributed by atoms with E-state index in [0.717, 1.165) is 5.56 Å². The highest BCUT2D eigenvalue weighted by molar-refractivity contribution is 7.81. The summed E-state index contributed by atoms with van der Waals surface area (Å²) in [7, 11) is 0. The van der Waals surface area contributed by atoms with Crippen LogP contribution in [0.15, 0.2) is 23.2 Å². The number of benzene rings is 1. The fourth-order valence-corrected chi connectivity index (χ4v) is 1.54. The summed E-state index contributed by atoms with van der Waals surface area (Å²) in [5.74, 6) is -0.0280. The summed E-state index contributed by atoms with van der Waals surface area (Å²) >= 11 is 9.87. The van der Waals surface area contributed by atoms with Crippen LogP contribution in [-0.4, -0.2) is 17.9 Å². The number of anilines is 1. The molecule has 0 aliphatic carbocycles. The Balaban J connectivity index is 2.15. The Morgan fingerprint density at radius 2 is 2.33 bits per heavy atom. The van der Waals surface area contributed by atoms with Crippen LogP contribution < -0.4 is 5.32 Å². The molecule has 1 aliphatic heterocycles. The molecular formula is C10H9ClN2OS. The van der Waals surface area contributed by atoms with Gasteiger partial charge in [0, 0.05) is 6.21 Å². The molecule has 15 heavy (non-hydrogen) atoms. The van der Waals surface area contributed by atoms with Gasteiger partial charge < -0.3 is 5.32 Å². The molecule has 0 spiro atoms. The molecule has 1 heterocycles. The maximum Gasteiger partial charge on any atom is 0.234 e. The molecule has 1 atom stereocenters. The first-order chi connectivity index (χ1) is 7.20. The van der Waals surface area contributed by atoms with Crippen LogP contribution in [0.1, 0.15) is 11.6 Å². The van der Waals surface area contributed by atoms with E-state index in [1.165, 1.54) is 0 Å². The van der Waals surface area contributed by atoms with Crippen molar-refractivity contribution in [2.24, 2.45) is 4.99 Å². The van der Waals surface area contributed by atoms with Crippen LogP contribution in [0.2, 0.25) is 5.02 Å². The summed E-state index contributed by atoms with van der Waals surface area (Å²) in [6, 6.07) is 5.67. The van der Waals surface area contributed by atoms with Gasteiger partial charge >= 0.3 is 0 Å². The molecule has 1 aromatic rings. The quantitative estimate of drug-likeness (QED) is 0.783. The Bertz CT molecular complexity index is 427. The third kappa shape index (κ3) is 2.52. The summed E-state index contributed by atoms with van der Waals surface area (Å²) in [5, 5.41) is 3.18. The number of nitrogens with one attached hydrogen (secondary N) is 1. The number of carbonyl (C=O) groups excluding carboxylic acids is 1. The van der Waals surface area contributed by atoms with E-state index in [1.807, 2.05) is 18.3 Å². The van der Waals surface area contributed by atoms with E-state index in [-0.39, 0.29) is 17.7 Å². The summed E-state index contributed by atoms with van der Waals surface area (Å²) < 4.78 is 0. The standard InChI is InChI=1S/C10H9ClN2OS/c11-7-3-6(9-4-12-9)1-2-8(7)13-10(14)5-15/h1-4,9,15H,5H2,(H,13,14). The molecule has 0 aromatic heterocycles. The fourth-order valence-electron chi connectivity index (χ4n) is 1.22. The van der Waals surface area contributed by atoms with Crippen molar-refractivity contribution < 1.29 is 4.79 Å². The Morgan fingerprint density at radius 3 is 2.87 bits per heavy atom. The number of thiol groups is 1. The maximum absolute atomic E-state index is 11.1. The van der Waals surface area contributed by atoms with E-state index in [4.69, 9.17) is 11.6 Å². The first kappa shape index (κ1) is 10.5. The topological polar surface area (TPSA) is 41.5 Å². The van der Waals surface area contributed by atoms with Gasteiger partial charge in [-0.15, -0.1) is 0 Å². The second-order valence-electron chi connectivity index (χ2n) is 3.19. The van der Waals surface area contributed by atoms with Crippen LogP contribution in [0.3, 0.4) is 0 Å². The van der Waals surface area contributed by atoms with Gasteiger partial charge in [0.15, 0.2) is 0 Å². The third-order valence-corrected chi connectivity index (χ3v) is 2.65. The van der Waals surface area contributed by atoms with Crippen molar-refractivity contribution >= 4 is 42.0 Å². The molecule has 0 radical (unpaired) electrons. The molecule has 0 saturated heterocycles. The highest BCUT2D eigenvalue weighted by Gasteiger charge is 2.17. The van der Waals surface area contributed by atoms with E-state index >= 15 is 0 Å². The molecule has 1 unspecified atom stereocenters. The molecular weight excluding hydrogens is 232 g/mol. The zero-order valence-electron chi connectivity index (χ0n) is 7.77. The van der Waals surface area contributed by atoms with Gasteiger partial charge in [-0.3, -0.25) is 9.79 Å². The van der Waals surface area contributed by atoms with Crippen molar-refractivity contribution in [1.29, 1.82) is 0 Å². The average Bonchev–Trinajstić information content (AvgIpc) is 3.04. The summed E-state index contributed by atoms with van der Waals surface area (Å²) in [6.07, 6.45) is 1.84. The van der Waals surface area contributed by atoms with Gasteiger partial charge in [-0.25, -0.2) is 0 Å². The third-order valence-electron chi connectivity index (χ3n) is 2.05. The normalized spacial score (nSPS) is 17.6. The molecule has 1 aliphatic rings. The molecule has 0 bridgehead atoms. The highest BCUT2D eigenvalue weighted by atomic mass is 35.5. The van der Waals surface area contributed by atoms with Crippen molar-refractivity contribution in [3.8, 4) is 0 Å². The molecule has 0 saturated carbocycles. The summed E-state index contributed by atoms with van der Waals surface area (Å²) in [4.78, 5) is 15.1. The largest absolute Gasteiger partial charge is 0.324 e. The predicted octanol–water partition coefficient (Wildman–Crippen LogP) is 2.33. The zero-order valence-corrected chi connectivity index (χ0v) is 9.42. The molecule has 3 nitrogen and oxygen atoms in total. The zero-order chi connectivity index (χ0) is 10.8. The van der Waals surface area contributed by atoms with Gasteiger partial charge in [0.2, 0.25) is 5.91 Å². The van der Waals surface area contributed by atoms with E-state index < -0.39 is 0 Å². The molecule has 5 heteroatoms. The molecule has 0 fully saturated rings. The van der Waals surface area contributed by atoms with Crippen molar-refractivity contribution in [2.75, 3.05) is 11.1 Å². The highest BCUT2D eigenvalue weighted by Crippen LogP contribution is 2.30. The lowest BCUT2D eigenvalue weighted by atomic mass is 10.1. The lowest BCUT2D eigenvalue weighted by Crippen LogP contribution is -2.12. The van der Waals surface area contributed by atoms with Crippen LogP contribution >= 0.6 is 24.2 Å². The van der Waals surface area contributed by atoms with Crippen molar-refractivity contribution in [3.05, 3.63) is 28.8 Å². The SMILES string of the molecule is O=C(CS)Nc1ccc(C2C=N2)cc1Cl. The molecule has 2 rings (SSSR count). The average molecular weight is 241 g/mol. The molecule has 1 aromatic carbocycles. The van der Waals surface area contributed by atoms with Gasteiger partial charge in [-0.2, -0.15) is 12.6 Å². The number of amides is 1. The van der Waals surface area contributed by atoms with Crippen LogP contribution in [0.5, 0.6) is 0 Å². The van der Waals surface area contributed by atoms with Crippen LogP contribution in [0.25, 0.3) is 0 Å². The van der Waals surface area contributed by atoms with E-state index in [2.05, 4.69) is 22.9 Å². The number of nitrogens with zero attached hydrogens (tertiary/aromatic N) is 1. The Hall–Kier alpha value is -1.00. The van der Waals surface area contributed by atoms with Gasteiger partial charge in [-0.05, 0) is 17.7 Å². The van der Waals surface area contributed by atoms with E-state index in [1.54, 1.807) is 6.07 Å². The maximum atomic E-state index is 11.1. The smallest absolute Gasteiger partial charge is 0.234 e. The van der Waals surface area contributed by atoms with Gasteiger partial charge in [0.1, 0.15) is 6.04 Å². The minimum atomic E-state index is -0.171. The minimum absolute atomic E-state index is 0.143. The second-order valence-corrected chi connectivity index (χ2v) is 3.91. The van der Waals surface area contributed by atoms with E-state index in [0.29, 0.717) is 10.7 Å². The van der Waals surface area contributed by atoms with Crippen molar-refractivity contribution in [1.82, 2.24) is 0 Å². The van der Waals surface area contributed by atoms with Gasteiger partial charge in [0.25, 0.3) is 0 Å². The summed E-state index contributed by atoms with van der Waals surface area (Å²) in [6.45, 7) is 0. The lowest BCUT2D eigenvalue weighted by Gasteiger charge is -2.07. The monoisotopic (exact) mass is 240 g/mol. The summed E-state index contributed by atoms with van der Waals surface area (Å²) in [5.41, 5.74) is 1.66. The number of carbonyl (C=O) groups is 1. The fraction of sp³-hybridized carbons (Fsp3) is 0.200. The Morgan fingerprint density at radius 1 is 1.60 bits per heavy atom. The number of halogens is 1. The Labute approximate surface area is 98.0 Å². The number of aliphatic imine (C=N–C) groups is 1. The number of rotatable bonds is 3. The second kappa shape index (κ2) is 4.24. The van der Waals surface area contributed by atoms with Crippen molar-refractivity contribution in [3.63, 3.8) is 0 Å². The van der Waals surface area contributed by atoms with Crippen LogP contribution in [-0.2, 0) is 4.79 Å². The van der Waals surface area contributed by atoms with Crippen LogP contribution in [0.4, 0.5) is 5.69 Å². The first-order valence-electron chi connectivity index (χ1n) is 4.44. The van der Waals surface area contributed by atoms with Crippen LogP contribution in [0, 0.1) is 0 Å². The van der Waals surface area contributed by atoms with Crippen molar-refractivity contribution in [2.45, 2.75) is 6.04 Å². The molecule has 1 N–H and O–H groups in total. The number of hydrogen-bond acceptors (Lipinski definition) is 3. The van der Waals surface area contributed by atoms with E-state index in [9.17, 15) is 4.79 Å². The molecule has 78 valence electrons. The molecule has 1 amide bonds. The van der Waals surface area contributed by atoms with Gasteiger partial charge in [-0.1, -0.05) is 17.7 Å². The van der Waals surface area contributed by atoms with Gasteiger partial charge in [0.05, 0.1) is 16.5 Å². The predicted molar refractivity (Wildman–Crippen MR) is 65.2 cm³/mol. The number of hydrogen-bond donors (Lipinski definition) is 2. The lowest BCUT2D eigenvalue weighted by molar-refractivity contribution is -0.113. The first-order valence-corrected chi connectivity index (χ1v) is 5.45. The minimum Gasteiger partial charge on any atom is -0.324 e.